The van der Waals surface area contributed by atoms with Crippen LogP contribution in [0.5, 0.6) is 5.75 Å². The standard InChI is InChI=1S/C28H29F3N4O4/c1-37-27(36)23-13-32-14-25(34-23)35-17-8-9-18(35)11-19(10-17)38-15-22-21(12-33-26(22)16-6-7-16)20-4-2-3-5-24(20)39-28(29,30)31/h2-5,12-14,16-19,33H,6-11,15H2,1H3. The smallest absolute Gasteiger partial charge is 0.464 e. The van der Waals surface area contributed by atoms with Crippen molar-refractivity contribution in [2.45, 2.75) is 75.6 Å². The van der Waals surface area contributed by atoms with Gasteiger partial charge < -0.3 is 24.1 Å². The number of para-hydroxylation sites is 1. The molecule has 39 heavy (non-hydrogen) atoms. The van der Waals surface area contributed by atoms with Crippen molar-refractivity contribution in [2.24, 2.45) is 0 Å². The first-order valence-corrected chi connectivity index (χ1v) is 13.2. The van der Waals surface area contributed by atoms with E-state index in [2.05, 4.69) is 24.6 Å². The van der Waals surface area contributed by atoms with Gasteiger partial charge in [0.25, 0.3) is 0 Å². The van der Waals surface area contributed by atoms with Gasteiger partial charge in [-0.05, 0) is 50.5 Å². The third kappa shape index (κ3) is 5.32. The normalized spacial score (nSPS) is 22.7. The summed E-state index contributed by atoms with van der Waals surface area (Å²) in [6.07, 6.45) is 5.68. The number of carbonyl (C=O) groups is 1. The first-order valence-electron chi connectivity index (χ1n) is 13.2. The minimum absolute atomic E-state index is 0.00743. The molecule has 0 radical (unpaired) electrons. The summed E-state index contributed by atoms with van der Waals surface area (Å²) in [6.45, 7) is 0.298. The van der Waals surface area contributed by atoms with E-state index in [9.17, 15) is 18.0 Å². The Hall–Kier alpha value is -3.60. The highest BCUT2D eigenvalue weighted by Gasteiger charge is 2.42. The minimum atomic E-state index is -4.78. The van der Waals surface area contributed by atoms with Crippen molar-refractivity contribution in [3.8, 4) is 16.9 Å². The van der Waals surface area contributed by atoms with E-state index in [1.807, 2.05) is 0 Å². The highest BCUT2D eigenvalue weighted by molar-refractivity contribution is 5.87. The molecule has 0 spiro atoms. The minimum Gasteiger partial charge on any atom is -0.464 e. The van der Waals surface area contributed by atoms with Crippen molar-refractivity contribution in [1.82, 2.24) is 15.0 Å². The van der Waals surface area contributed by atoms with Gasteiger partial charge in [0.2, 0.25) is 0 Å². The molecule has 2 aromatic heterocycles. The lowest BCUT2D eigenvalue weighted by Gasteiger charge is -2.39. The molecule has 3 aromatic rings. The number of hydrogen-bond acceptors (Lipinski definition) is 7. The number of rotatable bonds is 8. The lowest BCUT2D eigenvalue weighted by Crippen LogP contribution is -2.46. The summed E-state index contributed by atoms with van der Waals surface area (Å²) < 4.78 is 54.9. The molecule has 2 aliphatic heterocycles. The van der Waals surface area contributed by atoms with Crippen molar-refractivity contribution in [3.05, 3.63) is 59.8 Å². The number of hydrogen-bond donors (Lipinski definition) is 1. The number of carbonyl (C=O) groups excluding carboxylic acids is 1. The van der Waals surface area contributed by atoms with Gasteiger partial charge in [-0.15, -0.1) is 13.2 Å². The largest absolute Gasteiger partial charge is 0.573 e. The number of esters is 1. The van der Waals surface area contributed by atoms with Gasteiger partial charge in [0, 0.05) is 40.7 Å². The van der Waals surface area contributed by atoms with E-state index in [1.165, 1.54) is 25.4 Å². The predicted octanol–water partition coefficient (Wildman–Crippen LogP) is 5.75. The van der Waals surface area contributed by atoms with Gasteiger partial charge in [-0.2, -0.15) is 0 Å². The van der Waals surface area contributed by atoms with Gasteiger partial charge in [-0.3, -0.25) is 4.98 Å². The Kier molecular flexibility index (Phi) is 6.70. The quantitative estimate of drug-likeness (QED) is 0.363. The number of methoxy groups -OCH3 is 1. The van der Waals surface area contributed by atoms with Crippen molar-refractivity contribution in [2.75, 3.05) is 12.0 Å². The van der Waals surface area contributed by atoms with Crippen LogP contribution in [0.2, 0.25) is 0 Å². The summed E-state index contributed by atoms with van der Waals surface area (Å²) >= 11 is 0. The number of H-pyrrole nitrogens is 1. The molecule has 1 N–H and O–H groups in total. The number of nitrogens with zero attached hydrogens (tertiary/aromatic N) is 3. The summed E-state index contributed by atoms with van der Waals surface area (Å²) in [5.41, 5.74) is 3.15. The zero-order chi connectivity index (χ0) is 27.1. The zero-order valence-electron chi connectivity index (χ0n) is 21.4. The van der Waals surface area contributed by atoms with Gasteiger partial charge in [-0.25, -0.2) is 9.78 Å². The van der Waals surface area contributed by atoms with Crippen molar-refractivity contribution in [1.29, 1.82) is 0 Å². The van der Waals surface area contributed by atoms with Crippen molar-refractivity contribution >= 4 is 11.8 Å². The summed E-state index contributed by atoms with van der Waals surface area (Å²) in [5, 5.41) is 0. The molecule has 3 fully saturated rings. The molecular weight excluding hydrogens is 513 g/mol. The lowest BCUT2D eigenvalue weighted by atomic mass is 9.98. The van der Waals surface area contributed by atoms with Crippen LogP contribution in [0.25, 0.3) is 11.1 Å². The fourth-order valence-electron chi connectivity index (χ4n) is 6.03. The Morgan fingerprint density at radius 1 is 1.08 bits per heavy atom. The molecule has 0 amide bonds. The third-order valence-corrected chi connectivity index (χ3v) is 7.84. The molecule has 2 unspecified atom stereocenters. The fraction of sp³-hybridized carbons (Fsp3) is 0.464. The van der Waals surface area contributed by atoms with Crippen LogP contribution < -0.4 is 9.64 Å². The Morgan fingerprint density at radius 2 is 1.82 bits per heavy atom. The maximum atomic E-state index is 13.1. The van der Waals surface area contributed by atoms with Crippen molar-refractivity contribution < 1.29 is 32.2 Å². The molecule has 2 saturated heterocycles. The zero-order valence-corrected chi connectivity index (χ0v) is 21.4. The average Bonchev–Trinajstić information content (AvgIpc) is 3.62. The Balaban J connectivity index is 1.20. The number of benzene rings is 1. The van der Waals surface area contributed by atoms with Crippen LogP contribution in [0.3, 0.4) is 0 Å². The Bertz CT molecular complexity index is 1340. The van der Waals surface area contributed by atoms with Crippen LogP contribution in [0.4, 0.5) is 19.0 Å². The van der Waals surface area contributed by atoms with Gasteiger partial charge in [-0.1, -0.05) is 18.2 Å². The molecule has 2 atom stereocenters. The van der Waals surface area contributed by atoms with Crippen molar-refractivity contribution in [3.63, 3.8) is 0 Å². The molecular formula is C28H29F3N4O4. The molecule has 1 saturated carbocycles. The van der Waals surface area contributed by atoms with Crippen LogP contribution in [0, 0.1) is 0 Å². The highest BCUT2D eigenvalue weighted by atomic mass is 19.4. The lowest BCUT2D eigenvalue weighted by molar-refractivity contribution is -0.274. The van der Waals surface area contributed by atoms with E-state index in [4.69, 9.17) is 9.47 Å². The van der Waals surface area contributed by atoms with Crippen LogP contribution in [-0.4, -0.2) is 52.6 Å². The first-order chi connectivity index (χ1) is 18.8. The number of alkyl halides is 3. The maximum Gasteiger partial charge on any atom is 0.573 e. The number of piperidine rings is 1. The summed E-state index contributed by atoms with van der Waals surface area (Å²) in [6, 6.07) is 6.62. The van der Waals surface area contributed by atoms with Crippen LogP contribution in [0.1, 0.15) is 66.2 Å². The second-order valence-corrected chi connectivity index (χ2v) is 10.4. The number of ether oxygens (including phenoxy) is 3. The summed E-state index contributed by atoms with van der Waals surface area (Å²) in [5.74, 6) is 0.279. The highest BCUT2D eigenvalue weighted by Crippen LogP contribution is 2.46. The summed E-state index contributed by atoms with van der Waals surface area (Å²) in [7, 11) is 1.32. The molecule has 2 bridgehead atoms. The topological polar surface area (TPSA) is 89.6 Å². The maximum absolute atomic E-state index is 13.1. The molecule has 11 heteroatoms. The third-order valence-electron chi connectivity index (χ3n) is 7.84. The van der Waals surface area contributed by atoms with Gasteiger partial charge in [0.1, 0.15) is 11.6 Å². The van der Waals surface area contributed by atoms with Crippen LogP contribution in [0.15, 0.2) is 42.9 Å². The number of anilines is 1. The molecule has 6 rings (SSSR count). The predicted molar refractivity (Wildman–Crippen MR) is 135 cm³/mol. The van der Waals surface area contributed by atoms with E-state index in [-0.39, 0.29) is 29.6 Å². The SMILES string of the molecule is COC(=O)c1cncc(N2C3CCC2CC(OCc2c(-c4ccccc4OC(F)(F)F)c[nH]c2C2CC2)C3)n1. The average molecular weight is 543 g/mol. The Morgan fingerprint density at radius 3 is 2.51 bits per heavy atom. The second kappa shape index (κ2) is 10.2. The van der Waals surface area contributed by atoms with Crippen LogP contribution in [-0.2, 0) is 16.1 Å². The van der Waals surface area contributed by atoms with E-state index in [0.717, 1.165) is 49.8 Å². The van der Waals surface area contributed by atoms with E-state index >= 15 is 0 Å². The van der Waals surface area contributed by atoms with Gasteiger partial charge in [0.15, 0.2) is 5.69 Å². The van der Waals surface area contributed by atoms with E-state index in [0.29, 0.717) is 29.5 Å². The monoisotopic (exact) mass is 542 g/mol. The number of halogens is 3. The first kappa shape index (κ1) is 25.7. The molecule has 8 nitrogen and oxygen atoms in total. The van der Waals surface area contributed by atoms with Gasteiger partial charge >= 0.3 is 12.3 Å². The molecule has 1 aromatic carbocycles. The second-order valence-electron chi connectivity index (χ2n) is 10.4. The van der Waals surface area contributed by atoms with Gasteiger partial charge in [0.05, 0.1) is 32.2 Å². The number of fused-ring (bicyclic) bond motifs is 2. The number of aromatic amines is 1. The van der Waals surface area contributed by atoms with Crippen LogP contribution >= 0.6 is 0 Å². The Labute approximate surface area is 223 Å². The number of nitrogens with one attached hydrogen (secondary N) is 1. The fourth-order valence-corrected chi connectivity index (χ4v) is 6.03. The molecule has 206 valence electrons. The summed E-state index contributed by atoms with van der Waals surface area (Å²) in [4.78, 5) is 26.2. The molecule has 3 aliphatic rings. The molecule has 1 aliphatic carbocycles. The number of aromatic nitrogens is 3. The van der Waals surface area contributed by atoms with E-state index in [1.54, 1.807) is 24.5 Å². The van der Waals surface area contributed by atoms with E-state index < -0.39 is 12.3 Å². The molecule has 4 heterocycles.